The molecule has 0 atom stereocenters. The minimum atomic E-state index is -0.195. The first-order valence-electron chi connectivity index (χ1n) is 13.6. The van der Waals surface area contributed by atoms with E-state index in [4.69, 9.17) is 25.6 Å². The third-order valence-electron chi connectivity index (χ3n) is 7.11. The number of rotatable bonds is 12. The van der Waals surface area contributed by atoms with Gasteiger partial charge in [0.15, 0.2) is 0 Å². The van der Waals surface area contributed by atoms with Crippen molar-refractivity contribution in [2.24, 2.45) is 5.73 Å². The Hall–Kier alpha value is -4.47. The molecule has 0 amide bonds. The van der Waals surface area contributed by atoms with Gasteiger partial charge in [0.05, 0.1) is 12.3 Å². The van der Waals surface area contributed by atoms with Crippen LogP contribution < -0.4 is 15.8 Å². The van der Waals surface area contributed by atoms with E-state index in [0.717, 1.165) is 39.2 Å². The van der Waals surface area contributed by atoms with E-state index < -0.39 is 0 Å². The van der Waals surface area contributed by atoms with Crippen molar-refractivity contribution < 1.29 is 14.3 Å². The standard InChI is InChI=1S/C30H35N7O3/c1-4-39-28(38)8-7-21-11-23(20-5-6-20)14-37-15-24(36-30(21)37)16-40-27-12-26(34-17-35-27)33-13-25-18(2)9-22(29(31)32)10-19(25)3/h9-12,14-15,17,20H,4-8,13,16H2,1-3H3,(H3,31,32)(H,33,34,35). The topological polar surface area (TPSA) is 141 Å². The van der Waals surface area contributed by atoms with E-state index in [1.54, 1.807) is 6.07 Å². The van der Waals surface area contributed by atoms with Crippen LogP contribution in [0.25, 0.3) is 5.65 Å². The Bertz CT molecular complexity index is 1540. The number of fused-ring (bicyclic) bond motifs is 1. The zero-order valence-corrected chi connectivity index (χ0v) is 23.2. The summed E-state index contributed by atoms with van der Waals surface area (Å²) in [6.07, 6.45) is 8.88. The second-order valence-electron chi connectivity index (χ2n) is 10.2. The Balaban J connectivity index is 1.26. The lowest BCUT2D eigenvalue weighted by Gasteiger charge is -2.14. The van der Waals surface area contributed by atoms with Crippen molar-refractivity contribution in [3.63, 3.8) is 0 Å². The second kappa shape index (κ2) is 11.7. The number of nitrogens with zero attached hydrogens (tertiary/aromatic N) is 4. The fourth-order valence-corrected chi connectivity index (χ4v) is 4.88. The van der Waals surface area contributed by atoms with Crippen molar-refractivity contribution in [1.82, 2.24) is 19.4 Å². The highest BCUT2D eigenvalue weighted by Gasteiger charge is 2.25. The molecule has 3 aromatic heterocycles. The number of esters is 1. The van der Waals surface area contributed by atoms with Crippen LogP contribution in [-0.4, -0.2) is 37.8 Å². The molecular formula is C30H35N7O3. The average molecular weight is 542 g/mol. The summed E-state index contributed by atoms with van der Waals surface area (Å²) in [7, 11) is 0. The summed E-state index contributed by atoms with van der Waals surface area (Å²) in [5, 5.41) is 11.0. The monoisotopic (exact) mass is 541 g/mol. The summed E-state index contributed by atoms with van der Waals surface area (Å²) in [6.45, 7) is 7.04. The molecule has 5 rings (SSSR count). The van der Waals surface area contributed by atoms with Crippen LogP contribution in [0.2, 0.25) is 0 Å². The minimum absolute atomic E-state index is 0.0603. The van der Waals surface area contributed by atoms with E-state index in [-0.39, 0.29) is 18.4 Å². The summed E-state index contributed by atoms with van der Waals surface area (Å²) in [4.78, 5) is 25.4. The van der Waals surface area contributed by atoms with Gasteiger partial charge in [0, 0.05) is 37.0 Å². The number of ether oxygens (including phenoxy) is 2. The van der Waals surface area contributed by atoms with Crippen LogP contribution in [0.15, 0.2) is 43.0 Å². The Morgan fingerprint density at radius 1 is 1.15 bits per heavy atom. The van der Waals surface area contributed by atoms with E-state index in [2.05, 4.69) is 27.5 Å². The summed E-state index contributed by atoms with van der Waals surface area (Å²) in [6, 6.07) is 7.79. The second-order valence-corrected chi connectivity index (χ2v) is 10.2. The number of nitrogen functional groups attached to an aromatic ring is 1. The SMILES string of the molecule is CCOC(=O)CCc1cc(C2CC2)cn2cc(COc3cc(NCc4c(C)cc(C(=N)N)cc4C)ncn3)nc12. The van der Waals surface area contributed by atoms with Gasteiger partial charge in [-0.25, -0.2) is 15.0 Å². The maximum absolute atomic E-state index is 12.0. The Morgan fingerprint density at radius 3 is 2.62 bits per heavy atom. The van der Waals surface area contributed by atoms with E-state index in [1.165, 1.54) is 24.7 Å². The van der Waals surface area contributed by atoms with Gasteiger partial charge in [-0.05, 0) is 85.9 Å². The molecule has 3 heterocycles. The number of carbonyl (C=O) groups excluding carboxylic acids is 1. The molecule has 0 bridgehead atoms. The molecule has 0 radical (unpaired) electrons. The molecular weight excluding hydrogens is 506 g/mol. The van der Waals surface area contributed by atoms with Gasteiger partial charge in [0.1, 0.15) is 30.2 Å². The number of imidazole rings is 1. The summed E-state index contributed by atoms with van der Waals surface area (Å²) in [5.74, 6) is 1.53. The van der Waals surface area contributed by atoms with Gasteiger partial charge >= 0.3 is 5.97 Å². The molecule has 1 aromatic carbocycles. The van der Waals surface area contributed by atoms with Gasteiger partial charge in [-0.3, -0.25) is 10.2 Å². The zero-order chi connectivity index (χ0) is 28.2. The molecule has 0 saturated heterocycles. The Kier molecular flexibility index (Phi) is 7.95. The molecule has 1 fully saturated rings. The number of aromatic nitrogens is 4. The largest absolute Gasteiger partial charge is 0.471 e. The number of pyridine rings is 1. The number of amidine groups is 1. The van der Waals surface area contributed by atoms with Crippen molar-refractivity contribution >= 4 is 23.3 Å². The minimum Gasteiger partial charge on any atom is -0.471 e. The van der Waals surface area contributed by atoms with Crippen LogP contribution in [0.1, 0.15) is 71.2 Å². The lowest BCUT2D eigenvalue weighted by molar-refractivity contribution is -0.143. The number of carbonyl (C=O) groups is 1. The predicted octanol–water partition coefficient (Wildman–Crippen LogP) is 4.59. The van der Waals surface area contributed by atoms with Crippen LogP contribution in [0.3, 0.4) is 0 Å². The molecule has 0 unspecified atom stereocenters. The van der Waals surface area contributed by atoms with Gasteiger partial charge in [-0.1, -0.05) is 6.07 Å². The molecule has 4 aromatic rings. The first-order valence-corrected chi connectivity index (χ1v) is 13.6. The van der Waals surface area contributed by atoms with Crippen LogP contribution in [-0.2, 0) is 29.1 Å². The number of nitrogens with one attached hydrogen (secondary N) is 2. The summed E-state index contributed by atoms with van der Waals surface area (Å²) < 4.78 is 13.1. The van der Waals surface area contributed by atoms with Gasteiger partial charge in [0.2, 0.25) is 5.88 Å². The number of benzene rings is 1. The van der Waals surface area contributed by atoms with E-state index >= 15 is 0 Å². The molecule has 10 nitrogen and oxygen atoms in total. The Labute approximate surface area is 233 Å². The van der Waals surface area contributed by atoms with Crippen LogP contribution in [0.4, 0.5) is 5.82 Å². The normalized spacial score (nSPS) is 12.9. The van der Waals surface area contributed by atoms with Gasteiger partial charge < -0.3 is 24.9 Å². The molecule has 40 heavy (non-hydrogen) atoms. The smallest absolute Gasteiger partial charge is 0.306 e. The molecule has 4 N–H and O–H groups in total. The highest BCUT2D eigenvalue weighted by molar-refractivity contribution is 5.95. The summed E-state index contributed by atoms with van der Waals surface area (Å²) in [5.41, 5.74) is 13.5. The number of aryl methyl sites for hydroxylation is 3. The number of hydrogen-bond donors (Lipinski definition) is 3. The third-order valence-corrected chi connectivity index (χ3v) is 7.11. The molecule has 208 valence electrons. The highest BCUT2D eigenvalue weighted by atomic mass is 16.5. The van der Waals surface area contributed by atoms with Crippen molar-refractivity contribution in [2.75, 3.05) is 11.9 Å². The maximum Gasteiger partial charge on any atom is 0.306 e. The van der Waals surface area contributed by atoms with Crippen molar-refractivity contribution in [2.45, 2.75) is 65.5 Å². The van der Waals surface area contributed by atoms with E-state index in [1.807, 2.05) is 43.5 Å². The summed E-state index contributed by atoms with van der Waals surface area (Å²) >= 11 is 0. The van der Waals surface area contributed by atoms with Crippen LogP contribution >= 0.6 is 0 Å². The highest BCUT2D eigenvalue weighted by Crippen LogP contribution is 2.40. The van der Waals surface area contributed by atoms with Gasteiger partial charge in [0.25, 0.3) is 0 Å². The quantitative estimate of drug-likeness (QED) is 0.134. The zero-order valence-electron chi connectivity index (χ0n) is 23.2. The molecule has 1 saturated carbocycles. The first-order chi connectivity index (χ1) is 19.3. The fourth-order valence-electron chi connectivity index (χ4n) is 4.88. The number of hydrogen-bond acceptors (Lipinski definition) is 8. The van der Waals surface area contributed by atoms with Crippen molar-refractivity contribution in [1.29, 1.82) is 5.41 Å². The van der Waals surface area contributed by atoms with Crippen molar-refractivity contribution in [3.8, 4) is 5.88 Å². The third kappa shape index (κ3) is 6.39. The molecule has 0 aliphatic heterocycles. The number of anilines is 1. The van der Waals surface area contributed by atoms with Crippen LogP contribution in [0, 0.1) is 19.3 Å². The van der Waals surface area contributed by atoms with Crippen molar-refractivity contribution in [3.05, 3.63) is 82.1 Å². The Morgan fingerprint density at radius 2 is 1.93 bits per heavy atom. The van der Waals surface area contributed by atoms with Crippen LogP contribution in [0.5, 0.6) is 5.88 Å². The molecule has 1 aliphatic rings. The molecule has 1 aliphatic carbocycles. The molecule has 0 spiro atoms. The predicted molar refractivity (Wildman–Crippen MR) is 153 cm³/mol. The van der Waals surface area contributed by atoms with E-state index in [9.17, 15) is 4.79 Å². The van der Waals surface area contributed by atoms with Gasteiger partial charge in [-0.15, -0.1) is 0 Å². The number of nitrogens with two attached hydrogens (primary N) is 1. The van der Waals surface area contributed by atoms with E-state index in [0.29, 0.717) is 43.6 Å². The molecule has 10 heteroatoms. The lowest BCUT2D eigenvalue weighted by Crippen LogP contribution is -2.13. The fraction of sp³-hybridized carbons (Fsp3) is 0.367. The average Bonchev–Trinajstić information content (AvgIpc) is 3.69. The lowest BCUT2D eigenvalue weighted by atomic mass is 9.99. The van der Waals surface area contributed by atoms with Gasteiger partial charge in [-0.2, -0.15) is 0 Å². The maximum atomic E-state index is 12.0. The first kappa shape index (κ1) is 27.1.